The largest absolute Gasteiger partial charge is 0.494 e. The Morgan fingerprint density at radius 1 is 1.11 bits per heavy atom. The number of carbonyl (C=O) groups is 2. The van der Waals surface area contributed by atoms with E-state index in [1.807, 2.05) is 61.5 Å². The second kappa shape index (κ2) is 9.08. The molecule has 1 heterocycles. The minimum atomic E-state index is -0.599. The van der Waals surface area contributed by atoms with Crippen molar-refractivity contribution in [2.24, 2.45) is 0 Å². The molecule has 2 aromatic rings. The van der Waals surface area contributed by atoms with Gasteiger partial charge in [0.15, 0.2) is 0 Å². The summed E-state index contributed by atoms with van der Waals surface area (Å²) in [4.78, 5) is 24.8. The van der Waals surface area contributed by atoms with Gasteiger partial charge in [0.1, 0.15) is 5.75 Å². The van der Waals surface area contributed by atoms with E-state index in [0.717, 1.165) is 11.1 Å². The van der Waals surface area contributed by atoms with Crippen molar-refractivity contribution >= 4 is 12.0 Å². The third-order valence-electron chi connectivity index (χ3n) is 4.46. The highest BCUT2D eigenvalue weighted by atomic mass is 16.5. The van der Waals surface area contributed by atoms with Gasteiger partial charge < -0.3 is 20.1 Å². The minimum absolute atomic E-state index is 0.263. The zero-order valence-corrected chi connectivity index (χ0v) is 16.0. The predicted molar refractivity (Wildman–Crippen MR) is 106 cm³/mol. The van der Waals surface area contributed by atoms with Crippen molar-refractivity contribution in [2.75, 3.05) is 13.2 Å². The topological polar surface area (TPSA) is 76.7 Å². The SMILES string of the molecule is CCOc1cccc([C@@H]2NC(=O)NC(C)=C2C(=O)OCCc2ccccc2)c1. The van der Waals surface area contributed by atoms with Gasteiger partial charge in [-0.05, 0) is 37.1 Å². The Balaban J connectivity index is 1.77. The number of hydrogen-bond acceptors (Lipinski definition) is 4. The molecule has 3 rings (SSSR count). The monoisotopic (exact) mass is 380 g/mol. The summed E-state index contributed by atoms with van der Waals surface area (Å²) in [5, 5.41) is 5.46. The van der Waals surface area contributed by atoms with Gasteiger partial charge in [-0.1, -0.05) is 42.5 Å². The number of allylic oxidation sites excluding steroid dienone is 1. The van der Waals surface area contributed by atoms with E-state index in [2.05, 4.69) is 10.6 Å². The molecule has 0 unspecified atom stereocenters. The number of rotatable bonds is 7. The maximum Gasteiger partial charge on any atom is 0.338 e. The van der Waals surface area contributed by atoms with Crippen LogP contribution in [0.2, 0.25) is 0 Å². The van der Waals surface area contributed by atoms with E-state index in [1.54, 1.807) is 6.92 Å². The first-order valence-electron chi connectivity index (χ1n) is 9.30. The number of esters is 1. The molecule has 146 valence electrons. The Morgan fingerprint density at radius 2 is 1.89 bits per heavy atom. The Bertz CT molecular complexity index is 877. The molecule has 0 aliphatic carbocycles. The summed E-state index contributed by atoms with van der Waals surface area (Å²) in [7, 11) is 0. The zero-order chi connectivity index (χ0) is 19.9. The van der Waals surface area contributed by atoms with E-state index >= 15 is 0 Å². The normalized spacial score (nSPS) is 16.2. The molecule has 1 aliphatic rings. The Kier molecular flexibility index (Phi) is 6.32. The molecule has 1 aliphatic heterocycles. The molecular formula is C22H24N2O4. The van der Waals surface area contributed by atoms with Crippen LogP contribution in [-0.2, 0) is 16.0 Å². The van der Waals surface area contributed by atoms with Gasteiger partial charge >= 0.3 is 12.0 Å². The molecule has 28 heavy (non-hydrogen) atoms. The van der Waals surface area contributed by atoms with Crippen molar-refractivity contribution in [3.8, 4) is 5.75 Å². The summed E-state index contributed by atoms with van der Waals surface area (Å²) < 4.78 is 11.0. The molecule has 0 aromatic heterocycles. The van der Waals surface area contributed by atoms with E-state index in [1.165, 1.54) is 0 Å². The molecule has 0 spiro atoms. The first kappa shape index (κ1) is 19.5. The van der Waals surface area contributed by atoms with Gasteiger partial charge in [-0.25, -0.2) is 9.59 Å². The molecule has 6 nitrogen and oxygen atoms in total. The van der Waals surface area contributed by atoms with Gasteiger partial charge in [-0.2, -0.15) is 0 Å². The van der Waals surface area contributed by atoms with Crippen LogP contribution in [0.25, 0.3) is 0 Å². The Morgan fingerprint density at radius 3 is 2.64 bits per heavy atom. The maximum absolute atomic E-state index is 12.8. The van der Waals surface area contributed by atoms with Crippen molar-refractivity contribution in [1.82, 2.24) is 10.6 Å². The summed E-state index contributed by atoms with van der Waals surface area (Å²) in [5.74, 6) is 0.231. The van der Waals surface area contributed by atoms with Gasteiger partial charge in [0.2, 0.25) is 0 Å². The van der Waals surface area contributed by atoms with E-state index in [4.69, 9.17) is 9.47 Å². The molecule has 0 saturated heterocycles. The van der Waals surface area contributed by atoms with Crippen molar-refractivity contribution < 1.29 is 19.1 Å². The maximum atomic E-state index is 12.8. The number of urea groups is 1. The Labute approximate surface area is 164 Å². The fourth-order valence-corrected chi connectivity index (χ4v) is 3.15. The highest BCUT2D eigenvalue weighted by Crippen LogP contribution is 2.29. The van der Waals surface area contributed by atoms with Crippen molar-refractivity contribution in [3.63, 3.8) is 0 Å². The van der Waals surface area contributed by atoms with Crippen LogP contribution in [0.4, 0.5) is 4.79 Å². The van der Waals surface area contributed by atoms with Crippen LogP contribution in [0, 0.1) is 0 Å². The summed E-state index contributed by atoms with van der Waals surface area (Å²) in [6, 6.07) is 16.2. The molecule has 0 radical (unpaired) electrons. The quantitative estimate of drug-likeness (QED) is 0.721. The number of benzene rings is 2. The first-order valence-corrected chi connectivity index (χ1v) is 9.30. The van der Waals surface area contributed by atoms with Crippen LogP contribution in [0.3, 0.4) is 0 Å². The van der Waals surface area contributed by atoms with Crippen LogP contribution in [0.5, 0.6) is 5.75 Å². The number of carbonyl (C=O) groups excluding carboxylic acids is 2. The number of ether oxygens (including phenoxy) is 2. The van der Waals surface area contributed by atoms with E-state index in [9.17, 15) is 9.59 Å². The standard InChI is InChI=1S/C22H24N2O4/c1-3-27-18-11-7-10-17(14-18)20-19(15(2)23-22(26)24-20)21(25)28-13-12-16-8-5-4-6-9-16/h4-11,14,20H,3,12-13H2,1-2H3,(H2,23,24,26)/t20-/m0/s1. The number of hydrogen-bond donors (Lipinski definition) is 2. The second-order valence-electron chi connectivity index (χ2n) is 6.45. The lowest BCUT2D eigenvalue weighted by molar-refractivity contribution is -0.139. The molecule has 6 heteroatoms. The fourth-order valence-electron chi connectivity index (χ4n) is 3.15. The van der Waals surface area contributed by atoms with Gasteiger partial charge in [0.25, 0.3) is 0 Å². The van der Waals surface area contributed by atoms with Crippen molar-refractivity contribution in [2.45, 2.75) is 26.3 Å². The third-order valence-corrected chi connectivity index (χ3v) is 4.46. The lowest BCUT2D eigenvalue weighted by Gasteiger charge is -2.28. The average molecular weight is 380 g/mol. The minimum Gasteiger partial charge on any atom is -0.494 e. The molecule has 2 aromatic carbocycles. The van der Waals surface area contributed by atoms with Crippen LogP contribution in [-0.4, -0.2) is 25.2 Å². The first-order chi connectivity index (χ1) is 13.6. The lowest BCUT2D eigenvalue weighted by Crippen LogP contribution is -2.45. The second-order valence-corrected chi connectivity index (χ2v) is 6.45. The van der Waals surface area contributed by atoms with Crippen LogP contribution < -0.4 is 15.4 Å². The van der Waals surface area contributed by atoms with Crippen molar-refractivity contribution in [1.29, 1.82) is 0 Å². The van der Waals surface area contributed by atoms with E-state index in [0.29, 0.717) is 30.0 Å². The smallest absolute Gasteiger partial charge is 0.338 e. The molecule has 1 atom stereocenters. The number of nitrogens with one attached hydrogen (secondary N) is 2. The molecular weight excluding hydrogens is 356 g/mol. The molecule has 0 saturated carbocycles. The summed E-state index contributed by atoms with van der Waals surface area (Å²) in [6.07, 6.45) is 0.628. The van der Waals surface area contributed by atoms with Crippen LogP contribution in [0.15, 0.2) is 65.9 Å². The van der Waals surface area contributed by atoms with Crippen molar-refractivity contribution in [3.05, 3.63) is 77.0 Å². The van der Waals surface area contributed by atoms with Crippen LogP contribution in [0.1, 0.15) is 31.0 Å². The number of amides is 2. The van der Waals surface area contributed by atoms with Gasteiger partial charge in [0.05, 0.1) is 24.8 Å². The summed E-state index contributed by atoms with van der Waals surface area (Å²) in [5.41, 5.74) is 2.73. The summed E-state index contributed by atoms with van der Waals surface area (Å²) in [6.45, 7) is 4.40. The van der Waals surface area contributed by atoms with Gasteiger partial charge in [-0.3, -0.25) is 0 Å². The molecule has 0 fully saturated rings. The van der Waals surface area contributed by atoms with E-state index < -0.39 is 12.0 Å². The van der Waals surface area contributed by atoms with Gasteiger partial charge in [0, 0.05) is 12.1 Å². The average Bonchev–Trinajstić information content (AvgIpc) is 2.68. The van der Waals surface area contributed by atoms with Gasteiger partial charge in [-0.15, -0.1) is 0 Å². The molecule has 2 N–H and O–H groups in total. The zero-order valence-electron chi connectivity index (χ0n) is 16.0. The van der Waals surface area contributed by atoms with E-state index in [-0.39, 0.29) is 12.6 Å². The highest BCUT2D eigenvalue weighted by Gasteiger charge is 2.32. The van der Waals surface area contributed by atoms with Crippen LogP contribution >= 0.6 is 0 Å². The third kappa shape index (κ3) is 4.71. The fraction of sp³-hybridized carbons (Fsp3) is 0.273. The predicted octanol–water partition coefficient (Wildman–Crippen LogP) is 3.50. The molecule has 2 amide bonds. The summed E-state index contributed by atoms with van der Waals surface area (Å²) >= 11 is 0. The lowest BCUT2D eigenvalue weighted by atomic mass is 9.95. The highest BCUT2D eigenvalue weighted by molar-refractivity contribution is 5.95. The molecule has 0 bridgehead atoms. The Hall–Kier alpha value is -3.28.